The number of fused-ring (bicyclic) bond motifs is 7. The third kappa shape index (κ3) is 3.22. The van der Waals surface area contributed by atoms with Gasteiger partial charge >= 0.3 is 0 Å². The molecule has 0 unspecified atom stereocenters. The number of allylic oxidation sites excluding steroid dienone is 2. The van der Waals surface area contributed by atoms with Crippen molar-refractivity contribution in [2.24, 2.45) is 28.6 Å². The summed E-state index contributed by atoms with van der Waals surface area (Å²) in [6.45, 7) is 4.73. The van der Waals surface area contributed by atoms with Crippen LogP contribution in [0.4, 0.5) is 10.8 Å². The van der Waals surface area contributed by atoms with Crippen LogP contribution in [-0.2, 0) is 6.42 Å². The molecule has 0 bridgehead atoms. The normalized spacial score (nSPS) is 36.4. The van der Waals surface area contributed by atoms with Crippen molar-refractivity contribution in [2.45, 2.75) is 64.4 Å². The molecule has 1 aromatic carbocycles. The highest BCUT2D eigenvalue weighted by atomic mass is 32.1. The fraction of sp³-hybridized carbons (Fsp3) is 0.567. The highest BCUT2D eigenvalue weighted by Crippen LogP contribution is 2.68. The Bertz CT molecular complexity index is 1280. The van der Waals surface area contributed by atoms with Gasteiger partial charge in [-0.3, -0.25) is 0 Å². The highest BCUT2D eigenvalue weighted by Gasteiger charge is 2.63. The summed E-state index contributed by atoms with van der Waals surface area (Å²) in [5, 5.41) is 15.7. The van der Waals surface area contributed by atoms with Crippen LogP contribution in [0, 0.1) is 40.9 Å². The molecule has 0 aliphatic heterocycles. The smallest absolute Gasteiger partial charge is 0.188 e. The topological polar surface area (TPSA) is 63.6 Å². The van der Waals surface area contributed by atoms with Crippen molar-refractivity contribution in [3.05, 3.63) is 34.8 Å². The van der Waals surface area contributed by atoms with Crippen LogP contribution in [0.5, 0.6) is 11.5 Å². The Morgan fingerprint density at radius 2 is 1.94 bits per heavy atom. The average molecular weight is 505 g/mol. The highest BCUT2D eigenvalue weighted by molar-refractivity contribution is 7.15. The zero-order chi connectivity index (χ0) is 25.3. The van der Waals surface area contributed by atoms with E-state index >= 15 is 0 Å². The summed E-state index contributed by atoms with van der Waals surface area (Å²) in [6.07, 6.45) is 15.5. The number of methoxy groups -OCH3 is 2. The fourth-order valence-corrected chi connectivity index (χ4v) is 9.20. The number of aryl methyl sites for hydroxylation is 1. The van der Waals surface area contributed by atoms with Gasteiger partial charge in [-0.15, -0.1) is 17.8 Å². The van der Waals surface area contributed by atoms with E-state index in [9.17, 15) is 5.11 Å². The standard InChI is InChI=1S/C30H36N2O3S/c1-6-30(33)16-12-21-19-8-9-22-26-25(13-14-28(22,2)20(19)11-15-29(21,30)3)36-27(32-26)31-23-10-7-18(34-4)17-24(23)35-5/h1,7,9-10,17,19-21,33H,8,11-16H2,2-5H3,(H,31,32)/t19-,20+,21+,28-,29+,30+/m1/s1. The SMILES string of the molecule is C#C[C@]1(O)CC[C@H]2[C@@H]3CC=C4c5nc(Nc6ccc(OC)cc6OC)sc5CC[C@]4(C)[C@H]3CC[C@@]21C. The van der Waals surface area contributed by atoms with E-state index < -0.39 is 5.60 Å². The number of anilines is 2. The summed E-state index contributed by atoms with van der Waals surface area (Å²) in [7, 11) is 3.33. The Kier molecular flexibility index (Phi) is 5.48. The molecule has 6 atom stereocenters. The second kappa shape index (κ2) is 8.26. The molecule has 0 radical (unpaired) electrons. The maximum Gasteiger partial charge on any atom is 0.188 e. The summed E-state index contributed by atoms with van der Waals surface area (Å²) < 4.78 is 10.9. The summed E-state index contributed by atoms with van der Waals surface area (Å²) in [4.78, 5) is 6.50. The zero-order valence-electron chi connectivity index (χ0n) is 21.7. The van der Waals surface area contributed by atoms with E-state index in [1.54, 1.807) is 25.6 Å². The molecule has 4 aliphatic carbocycles. The summed E-state index contributed by atoms with van der Waals surface area (Å²) in [6, 6.07) is 5.79. The Hall–Kier alpha value is -2.49. The van der Waals surface area contributed by atoms with Gasteiger partial charge in [-0.2, -0.15) is 0 Å². The number of terminal acetylenes is 1. The van der Waals surface area contributed by atoms with Crippen molar-refractivity contribution in [2.75, 3.05) is 19.5 Å². The van der Waals surface area contributed by atoms with Gasteiger partial charge in [-0.1, -0.05) is 25.8 Å². The number of thiazole rings is 1. The predicted molar refractivity (Wildman–Crippen MR) is 145 cm³/mol. The van der Waals surface area contributed by atoms with Crippen molar-refractivity contribution < 1.29 is 14.6 Å². The van der Waals surface area contributed by atoms with Gasteiger partial charge in [-0.05, 0) is 85.8 Å². The summed E-state index contributed by atoms with van der Waals surface area (Å²) >= 11 is 1.76. The molecule has 6 heteroatoms. The molecule has 2 aromatic rings. The molecular weight excluding hydrogens is 468 g/mol. The lowest BCUT2D eigenvalue weighted by atomic mass is 9.47. The number of nitrogens with zero attached hydrogens (tertiary/aromatic N) is 1. The van der Waals surface area contributed by atoms with Gasteiger partial charge < -0.3 is 19.9 Å². The number of aromatic nitrogens is 1. The van der Waals surface area contributed by atoms with Crippen LogP contribution in [0.1, 0.15) is 62.9 Å². The number of hydrogen-bond donors (Lipinski definition) is 2. The van der Waals surface area contributed by atoms with Gasteiger partial charge in [-0.25, -0.2) is 4.98 Å². The lowest BCUT2D eigenvalue weighted by Crippen LogP contribution is -2.53. The van der Waals surface area contributed by atoms with E-state index in [-0.39, 0.29) is 10.8 Å². The summed E-state index contributed by atoms with van der Waals surface area (Å²) in [5.41, 5.74) is 2.51. The van der Waals surface area contributed by atoms with Crippen LogP contribution in [0.15, 0.2) is 24.3 Å². The number of nitrogens with one attached hydrogen (secondary N) is 1. The maximum absolute atomic E-state index is 11.3. The van der Waals surface area contributed by atoms with Gasteiger partial charge in [0.25, 0.3) is 0 Å². The van der Waals surface area contributed by atoms with Gasteiger partial charge in [0.1, 0.15) is 17.1 Å². The monoisotopic (exact) mass is 504 g/mol. The van der Waals surface area contributed by atoms with E-state index in [0.29, 0.717) is 17.8 Å². The third-order valence-corrected chi connectivity index (χ3v) is 11.4. The Morgan fingerprint density at radius 3 is 2.69 bits per heavy atom. The van der Waals surface area contributed by atoms with Gasteiger partial charge in [0.2, 0.25) is 0 Å². The first-order valence-corrected chi connectivity index (χ1v) is 14.0. The van der Waals surface area contributed by atoms with E-state index in [2.05, 4.69) is 31.2 Å². The Morgan fingerprint density at radius 1 is 1.14 bits per heavy atom. The number of benzene rings is 1. The molecule has 2 saturated carbocycles. The van der Waals surface area contributed by atoms with E-state index in [0.717, 1.165) is 67.3 Å². The van der Waals surface area contributed by atoms with Crippen LogP contribution in [-0.4, -0.2) is 29.9 Å². The van der Waals surface area contributed by atoms with E-state index in [4.69, 9.17) is 20.9 Å². The molecule has 190 valence electrons. The average Bonchev–Trinajstić information content (AvgIpc) is 3.42. The first kappa shape index (κ1) is 23.9. The molecule has 6 rings (SSSR count). The van der Waals surface area contributed by atoms with Crippen molar-refractivity contribution in [3.63, 3.8) is 0 Å². The molecule has 0 spiro atoms. The molecule has 1 heterocycles. The quantitative estimate of drug-likeness (QED) is 0.469. The van der Waals surface area contributed by atoms with Gasteiger partial charge in [0, 0.05) is 16.4 Å². The molecule has 2 N–H and O–H groups in total. The van der Waals surface area contributed by atoms with Crippen LogP contribution < -0.4 is 14.8 Å². The lowest BCUT2D eigenvalue weighted by Gasteiger charge is -2.57. The van der Waals surface area contributed by atoms with E-state index in [1.807, 2.05) is 18.2 Å². The molecule has 5 nitrogen and oxygen atoms in total. The minimum atomic E-state index is -0.953. The maximum atomic E-state index is 11.3. The number of ether oxygens (including phenoxy) is 2. The van der Waals surface area contributed by atoms with Gasteiger partial charge in [0.05, 0.1) is 25.6 Å². The van der Waals surface area contributed by atoms with Crippen LogP contribution >= 0.6 is 11.3 Å². The summed E-state index contributed by atoms with van der Waals surface area (Å²) in [5.74, 6) is 5.99. The Labute approximate surface area is 218 Å². The van der Waals surface area contributed by atoms with Crippen molar-refractivity contribution >= 4 is 27.7 Å². The second-order valence-corrected chi connectivity index (χ2v) is 12.7. The number of hydrogen-bond acceptors (Lipinski definition) is 6. The molecule has 1 aromatic heterocycles. The first-order chi connectivity index (χ1) is 17.3. The molecule has 2 fully saturated rings. The third-order valence-electron chi connectivity index (χ3n) is 10.3. The Balaban J connectivity index is 1.31. The molecule has 4 aliphatic rings. The predicted octanol–water partition coefficient (Wildman–Crippen LogP) is 6.45. The first-order valence-electron chi connectivity index (χ1n) is 13.2. The van der Waals surface area contributed by atoms with Crippen molar-refractivity contribution in [1.29, 1.82) is 0 Å². The molecule has 0 amide bonds. The number of aliphatic hydroxyl groups is 1. The van der Waals surface area contributed by atoms with Crippen molar-refractivity contribution in [3.8, 4) is 23.8 Å². The lowest BCUT2D eigenvalue weighted by molar-refractivity contribution is -0.0887. The molecule has 0 saturated heterocycles. The minimum Gasteiger partial charge on any atom is -0.497 e. The largest absolute Gasteiger partial charge is 0.497 e. The zero-order valence-corrected chi connectivity index (χ0v) is 22.5. The molecule has 36 heavy (non-hydrogen) atoms. The molecular formula is C30H36N2O3S. The van der Waals surface area contributed by atoms with E-state index in [1.165, 1.54) is 16.1 Å². The minimum absolute atomic E-state index is 0.122. The second-order valence-electron chi connectivity index (χ2n) is 11.6. The van der Waals surface area contributed by atoms with Crippen molar-refractivity contribution in [1.82, 2.24) is 4.98 Å². The van der Waals surface area contributed by atoms with Gasteiger partial charge in [0.15, 0.2) is 5.13 Å². The fourth-order valence-electron chi connectivity index (χ4n) is 8.21. The van der Waals surface area contributed by atoms with Crippen LogP contribution in [0.25, 0.3) is 5.57 Å². The van der Waals surface area contributed by atoms with Crippen LogP contribution in [0.2, 0.25) is 0 Å². The number of rotatable bonds is 4. The van der Waals surface area contributed by atoms with Crippen LogP contribution in [0.3, 0.4) is 0 Å².